The monoisotopic (exact) mass is 374 g/mol. The van der Waals surface area contributed by atoms with E-state index in [1.165, 1.54) is 6.20 Å². The van der Waals surface area contributed by atoms with Crippen molar-refractivity contribution in [1.29, 1.82) is 0 Å². The highest BCUT2D eigenvalue weighted by atomic mass is 79.9. The van der Waals surface area contributed by atoms with E-state index in [2.05, 4.69) is 34.8 Å². The predicted molar refractivity (Wildman–Crippen MR) is 86.4 cm³/mol. The maximum Gasteiger partial charge on any atom is 0.258 e. The van der Waals surface area contributed by atoms with Gasteiger partial charge in [-0.3, -0.25) is 4.79 Å². The summed E-state index contributed by atoms with van der Waals surface area (Å²) in [5.74, 6) is 0.422. The zero-order valence-electron chi connectivity index (χ0n) is 12.7. The van der Waals surface area contributed by atoms with Crippen LogP contribution in [0.15, 0.2) is 16.7 Å². The average molecular weight is 376 g/mol. The normalized spacial score (nSPS) is 21.1. The van der Waals surface area contributed by atoms with Gasteiger partial charge < -0.3 is 9.64 Å². The first kappa shape index (κ1) is 16.7. The molecule has 0 bridgehead atoms. The van der Waals surface area contributed by atoms with Crippen LogP contribution in [0, 0.1) is 5.92 Å². The van der Waals surface area contributed by atoms with Crippen LogP contribution in [-0.4, -0.2) is 34.2 Å². The number of amides is 1. The number of rotatable bonds is 3. The molecule has 0 saturated carbocycles. The van der Waals surface area contributed by atoms with E-state index in [-0.39, 0.29) is 11.9 Å². The highest BCUT2D eigenvalue weighted by Gasteiger charge is 2.44. The van der Waals surface area contributed by atoms with Gasteiger partial charge in [0, 0.05) is 6.20 Å². The molecular formula is C15H20BrClN2O2. The van der Waals surface area contributed by atoms with Gasteiger partial charge in [-0.1, -0.05) is 25.4 Å². The van der Waals surface area contributed by atoms with Gasteiger partial charge in [0.15, 0.2) is 0 Å². The summed E-state index contributed by atoms with van der Waals surface area (Å²) < 4.78 is 6.43. The van der Waals surface area contributed by atoms with Crippen LogP contribution in [0.3, 0.4) is 0 Å². The Labute approximate surface area is 139 Å². The molecule has 1 amide bonds. The fourth-order valence-electron chi connectivity index (χ4n) is 2.69. The smallest absolute Gasteiger partial charge is 0.258 e. The van der Waals surface area contributed by atoms with Gasteiger partial charge >= 0.3 is 0 Å². The maximum absolute atomic E-state index is 12.9. The predicted octanol–water partition coefficient (Wildman–Crippen LogP) is 4.12. The van der Waals surface area contributed by atoms with Gasteiger partial charge in [-0.15, -0.1) is 0 Å². The minimum Gasteiger partial charge on any atom is -0.354 e. The Morgan fingerprint density at radius 2 is 2.29 bits per heavy atom. The molecule has 2 rings (SSSR count). The zero-order valence-corrected chi connectivity index (χ0v) is 15.0. The molecular weight excluding hydrogens is 356 g/mol. The summed E-state index contributed by atoms with van der Waals surface area (Å²) in [7, 11) is 0. The van der Waals surface area contributed by atoms with E-state index in [1.807, 2.05) is 18.7 Å². The van der Waals surface area contributed by atoms with Crippen LogP contribution in [0.25, 0.3) is 0 Å². The highest BCUT2D eigenvalue weighted by Crippen LogP contribution is 2.32. The first-order valence-corrected chi connectivity index (χ1v) is 8.18. The molecule has 0 spiro atoms. The molecule has 6 heteroatoms. The van der Waals surface area contributed by atoms with Gasteiger partial charge in [0.05, 0.1) is 22.7 Å². The lowest BCUT2D eigenvalue weighted by atomic mass is 10.0. The molecule has 1 fully saturated rings. The molecule has 1 aliphatic rings. The number of nitrogens with zero attached hydrogens (tertiary/aromatic N) is 2. The van der Waals surface area contributed by atoms with E-state index >= 15 is 0 Å². The van der Waals surface area contributed by atoms with E-state index in [1.54, 1.807) is 6.07 Å². The van der Waals surface area contributed by atoms with Gasteiger partial charge in [0.25, 0.3) is 5.91 Å². The largest absolute Gasteiger partial charge is 0.354 e. The van der Waals surface area contributed by atoms with Crippen LogP contribution in [-0.2, 0) is 4.74 Å². The van der Waals surface area contributed by atoms with E-state index in [0.29, 0.717) is 27.7 Å². The second kappa shape index (κ2) is 6.23. The van der Waals surface area contributed by atoms with Crippen molar-refractivity contribution in [2.24, 2.45) is 5.92 Å². The molecule has 0 N–H and O–H groups in total. The number of hydrogen-bond donors (Lipinski definition) is 0. The maximum atomic E-state index is 12.9. The quantitative estimate of drug-likeness (QED) is 0.746. The van der Waals surface area contributed by atoms with Crippen LogP contribution in [0.1, 0.15) is 44.5 Å². The second-order valence-corrected chi connectivity index (χ2v) is 7.43. The summed E-state index contributed by atoms with van der Waals surface area (Å²) in [6.45, 7) is 8.70. The number of carbonyl (C=O) groups is 1. The van der Waals surface area contributed by atoms with Crippen LogP contribution >= 0.6 is 27.5 Å². The first-order valence-electron chi connectivity index (χ1n) is 7.01. The van der Waals surface area contributed by atoms with Crippen molar-refractivity contribution in [3.63, 3.8) is 0 Å². The van der Waals surface area contributed by atoms with Crippen LogP contribution in [0.5, 0.6) is 0 Å². The van der Waals surface area contributed by atoms with Crippen molar-refractivity contribution in [2.75, 3.05) is 6.61 Å². The molecule has 0 aliphatic carbocycles. The van der Waals surface area contributed by atoms with Crippen molar-refractivity contribution in [2.45, 2.75) is 45.9 Å². The number of halogens is 2. The lowest BCUT2D eigenvalue weighted by Crippen LogP contribution is -2.48. The van der Waals surface area contributed by atoms with E-state index in [9.17, 15) is 4.79 Å². The van der Waals surface area contributed by atoms with Crippen molar-refractivity contribution in [3.8, 4) is 0 Å². The first-order chi connectivity index (χ1) is 9.72. The van der Waals surface area contributed by atoms with Crippen molar-refractivity contribution >= 4 is 33.4 Å². The summed E-state index contributed by atoms with van der Waals surface area (Å²) in [6.07, 6.45) is 2.42. The number of aromatic nitrogens is 1. The molecule has 1 aromatic heterocycles. The number of ether oxygens (including phenoxy) is 1. The second-order valence-electron chi connectivity index (χ2n) is 6.21. The van der Waals surface area contributed by atoms with Crippen LogP contribution < -0.4 is 0 Å². The number of pyridine rings is 1. The number of carbonyl (C=O) groups excluding carboxylic acids is 1. The van der Waals surface area contributed by atoms with Crippen LogP contribution in [0.4, 0.5) is 0 Å². The Kier molecular flexibility index (Phi) is 4.96. The zero-order chi connectivity index (χ0) is 15.8. The van der Waals surface area contributed by atoms with Gasteiger partial charge in [-0.2, -0.15) is 0 Å². The lowest BCUT2D eigenvalue weighted by molar-refractivity contribution is -0.0406. The molecule has 0 aromatic carbocycles. The molecule has 0 unspecified atom stereocenters. The lowest BCUT2D eigenvalue weighted by Gasteiger charge is -2.34. The SMILES string of the molecule is CC(C)C[C@@H]1COC(C)(C)N1C(=O)c1cnc(Cl)c(Br)c1. The van der Waals surface area contributed by atoms with E-state index in [4.69, 9.17) is 16.3 Å². The molecule has 0 radical (unpaired) electrons. The van der Waals surface area contributed by atoms with Gasteiger partial charge in [0.1, 0.15) is 10.9 Å². The van der Waals surface area contributed by atoms with E-state index in [0.717, 1.165) is 6.42 Å². The molecule has 1 aliphatic heterocycles. The summed E-state index contributed by atoms with van der Waals surface area (Å²) in [5, 5.41) is 0.349. The Bertz CT molecular complexity index is 548. The Balaban J connectivity index is 2.31. The molecule has 2 heterocycles. The van der Waals surface area contributed by atoms with Crippen molar-refractivity contribution in [1.82, 2.24) is 9.88 Å². The van der Waals surface area contributed by atoms with E-state index < -0.39 is 5.72 Å². The number of hydrogen-bond acceptors (Lipinski definition) is 3. The fourth-order valence-corrected chi connectivity index (χ4v) is 3.14. The van der Waals surface area contributed by atoms with Gasteiger partial charge in [0.2, 0.25) is 0 Å². The van der Waals surface area contributed by atoms with Crippen molar-refractivity contribution < 1.29 is 9.53 Å². The molecule has 116 valence electrons. The molecule has 4 nitrogen and oxygen atoms in total. The Morgan fingerprint density at radius 3 is 2.86 bits per heavy atom. The van der Waals surface area contributed by atoms with Crippen molar-refractivity contribution in [3.05, 3.63) is 27.5 Å². The molecule has 1 atom stereocenters. The summed E-state index contributed by atoms with van der Waals surface area (Å²) in [4.78, 5) is 18.7. The molecule has 1 saturated heterocycles. The van der Waals surface area contributed by atoms with Gasteiger partial charge in [-0.05, 0) is 48.2 Å². The third-order valence-corrected chi connectivity index (χ3v) is 4.71. The van der Waals surface area contributed by atoms with Crippen LogP contribution in [0.2, 0.25) is 5.15 Å². The third-order valence-electron chi connectivity index (χ3n) is 3.58. The Morgan fingerprint density at radius 1 is 1.62 bits per heavy atom. The molecule has 21 heavy (non-hydrogen) atoms. The standard InChI is InChI=1S/C15H20BrClN2O2/c1-9(2)5-11-8-21-15(3,4)19(11)14(20)10-6-12(16)13(17)18-7-10/h6-7,9,11H,5,8H2,1-4H3/t11-/m1/s1. The Hall–Kier alpha value is -0.650. The average Bonchev–Trinajstić information content (AvgIpc) is 2.66. The fraction of sp³-hybridized carbons (Fsp3) is 0.600. The summed E-state index contributed by atoms with van der Waals surface area (Å²) in [5.41, 5.74) is -0.0958. The topological polar surface area (TPSA) is 42.4 Å². The summed E-state index contributed by atoms with van der Waals surface area (Å²) in [6, 6.07) is 1.79. The van der Waals surface area contributed by atoms with Gasteiger partial charge in [-0.25, -0.2) is 4.98 Å². The molecule has 1 aromatic rings. The minimum atomic E-state index is -0.608. The third kappa shape index (κ3) is 3.58. The highest BCUT2D eigenvalue weighted by molar-refractivity contribution is 9.10. The minimum absolute atomic E-state index is 0.0759. The summed E-state index contributed by atoms with van der Waals surface area (Å²) >= 11 is 9.20.